The van der Waals surface area contributed by atoms with E-state index >= 15 is 0 Å². The van der Waals surface area contributed by atoms with Gasteiger partial charge in [-0.3, -0.25) is 4.98 Å². The molecule has 0 spiro atoms. The highest BCUT2D eigenvalue weighted by Crippen LogP contribution is 2.28. The molecule has 0 bridgehead atoms. The Hall–Kier alpha value is -1.99. The first-order chi connectivity index (χ1) is 10.7. The molecule has 0 atom stereocenters. The van der Waals surface area contributed by atoms with Gasteiger partial charge in [0.2, 0.25) is 0 Å². The standard InChI is InChI=1S/C15H14BrN3O3/c16-13-7-17-12(6-18-13)15(9-21-10-15)19-14(20)22-8-11-4-2-1-3-5-11/h1-7H,8-10H2,(H,19,20). The summed E-state index contributed by atoms with van der Waals surface area (Å²) in [6.45, 7) is 0.920. The first-order valence-electron chi connectivity index (χ1n) is 6.73. The van der Waals surface area contributed by atoms with E-state index in [0.29, 0.717) is 23.5 Å². The van der Waals surface area contributed by atoms with Crippen molar-refractivity contribution in [2.45, 2.75) is 12.1 Å². The highest BCUT2D eigenvalue weighted by atomic mass is 79.9. The molecule has 0 aliphatic carbocycles. The van der Waals surface area contributed by atoms with Gasteiger partial charge in [0.1, 0.15) is 16.7 Å². The van der Waals surface area contributed by atoms with E-state index in [4.69, 9.17) is 9.47 Å². The zero-order valence-corrected chi connectivity index (χ0v) is 13.2. The fourth-order valence-corrected chi connectivity index (χ4v) is 2.31. The van der Waals surface area contributed by atoms with Crippen LogP contribution in [0.3, 0.4) is 0 Å². The van der Waals surface area contributed by atoms with Crippen molar-refractivity contribution < 1.29 is 14.3 Å². The molecule has 6 nitrogen and oxygen atoms in total. The summed E-state index contributed by atoms with van der Waals surface area (Å²) in [5, 5.41) is 2.83. The van der Waals surface area contributed by atoms with Crippen molar-refractivity contribution in [3.63, 3.8) is 0 Å². The molecule has 1 aromatic heterocycles. The molecule has 1 fully saturated rings. The highest BCUT2D eigenvalue weighted by Gasteiger charge is 2.44. The van der Waals surface area contributed by atoms with Gasteiger partial charge in [0.05, 0.1) is 31.3 Å². The van der Waals surface area contributed by atoms with E-state index in [1.54, 1.807) is 12.4 Å². The number of aromatic nitrogens is 2. The molecule has 7 heteroatoms. The van der Waals surface area contributed by atoms with E-state index in [1.165, 1.54) is 0 Å². The number of hydrogen-bond donors (Lipinski definition) is 1. The van der Waals surface area contributed by atoms with Crippen LogP contribution in [0, 0.1) is 0 Å². The number of nitrogens with one attached hydrogen (secondary N) is 1. The number of rotatable bonds is 4. The van der Waals surface area contributed by atoms with Gasteiger partial charge in [-0.05, 0) is 21.5 Å². The molecule has 2 heterocycles. The number of nitrogens with zero attached hydrogens (tertiary/aromatic N) is 2. The summed E-state index contributed by atoms with van der Waals surface area (Å²) in [6, 6.07) is 9.51. The lowest BCUT2D eigenvalue weighted by Gasteiger charge is -2.40. The summed E-state index contributed by atoms with van der Waals surface area (Å²) in [5.41, 5.74) is 0.917. The molecule has 0 saturated carbocycles. The largest absolute Gasteiger partial charge is 0.445 e. The van der Waals surface area contributed by atoms with Crippen molar-refractivity contribution in [3.8, 4) is 0 Å². The Morgan fingerprint density at radius 1 is 1.27 bits per heavy atom. The summed E-state index contributed by atoms with van der Waals surface area (Å²) in [5.74, 6) is 0. The Balaban J connectivity index is 1.62. The number of carbonyl (C=O) groups excluding carboxylic acids is 1. The molecule has 0 radical (unpaired) electrons. The van der Waals surface area contributed by atoms with Crippen molar-refractivity contribution in [2.24, 2.45) is 0 Å². The van der Waals surface area contributed by atoms with Crippen molar-refractivity contribution in [2.75, 3.05) is 13.2 Å². The molecule has 1 amide bonds. The van der Waals surface area contributed by atoms with Crippen molar-refractivity contribution in [3.05, 3.63) is 58.6 Å². The van der Waals surface area contributed by atoms with E-state index in [1.807, 2.05) is 30.3 Å². The summed E-state index contributed by atoms with van der Waals surface area (Å²) < 4.78 is 11.1. The molecular weight excluding hydrogens is 350 g/mol. The predicted molar refractivity (Wildman–Crippen MR) is 82.0 cm³/mol. The number of amides is 1. The third-order valence-electron chi connectivity index (χ3n) is 3.36. The van der Waals surface area contributed by atoms with Gasteiger partial charge in [-0.25, -0.2) is 9.78 Å². The van der Waals surface area contributed by atoms with Gasteiger partial charge < -0.3 is 14.8 Å². The van der Waals surface area contributed by atoms with E-state index < -0.39 is 11.6 Å². The van der Waals surface area contributed by atoms with Crippen LogP contribution in [0.15, 0.2) is 47.3 Å². The smallest absolute Gasteiger partial charge is 0.408 e. The molecule has 0 unspecified atom stereocenters. The summed E-state index contributed by atoms with van der Waals surface area (Å²) in [7, 11) is 0. The van der Waals surface area contributed by atoms with E-state index in [2.05, 4.69) is 31.2 Å². The van der Waals surface area contributed by atoms with Crippen LogP contribution in [0.5, 0.6) is 0 Å². The molecule has 22 heavy (non-hydrogen) atoms. The van der Waals surface area contributed by atoms with Gasteiger partial charge in [0.15, 0.2) is 0 Å². The van der Waals surface area contributed by atoms with Crippen LogP contribution in [0.25, 0.3) is 0 Å². The van der Waals surface area contributed by atoms with Crippen LogP contribution in [0.2, 0.25) is 0 Å². The minimum absolute atomic E-state index is 0.218. The van der Waals surface area contributed by atoms with Crippen molar-refractivity contribution in [1.82, 2.24) is 15.3 Å². The summed E-state index contributed by atoms with van der Waals surface area (Å²) >= 11 is 3.24. The lowest BCUT2D eigenvalue weighted by Crippen LogP contribution is -2.59. The van der Waals surface area contributed by atoms with Crippen LogP contribution in [0.1, 0.15) is 11.3 Å². The fourth-order valence-electron chi connectivity index (χ4n) is 2.10. The van der Waals surface area contributed by atoms with Gasteiger partial charge in [-0.15, -0.1) is 0 Å². The SMILES string of the molecule is O=C(NC1(c2cnc(Br)cn2)COC1)OCc1ccccc1. The number of ether oxygens (including phenoxy) is 2. The van der Waals surface area contributed by atoms with Gasteiger partial charge in [-0.1, -0.05) is 30.3 Å². The molecule has 1 aliphatic rings. The number of hydrogen-bond acceptors (Lipinski definition) is 5. The number of halogens is 1. The second-order valence-electron chi connectivity index (χ2n) is 4.99. The summed E-state index contributed by atoms with van der Waals surface area (Å²) in [4.78, 5) is 20.4. The second kappa shape index (κ2) is 6.41. The minimum atomic E-state index is -0.665. The Bertz CT molecular complexity index is 645. The molecule has 1 saturated heterocycles. The topological polar surface area (TPSA) is 73.3 Å². The van der Waals surface area contributed by atoms with Crippen LogP contribution in [0.4, 0.5) is 4.79 Å². The average Bonchev–Trinajstić information content (AvgIpc) is 2.51. The Kier molecular flexibility index (Phi) is 4.35. The number of benzene rings is 1. The number of carbonyl (C=O) groups is 1. The number of alkyl carbamates (subject to hydrolysis) is 1. The van der Waals surface area contributed by atoms with Crippen LogP contribution >= 0.6 is 15.9 Å². The van der Waals surface area contributed by atoms with Crippen LogP contribution in [-0.4, -0.2) is 29.3 Å². The van der Waals surface area contributed by atoms with Crippen molar-refractivity contribution in [1.29, 1.82) is 0 Å². The summed E-state index contributed by atoms with van der Waals surface area (Å²) in [6.07, 6.45) is 2.70. The molecule has 1 aliphatic heterocycles. The van der Waals surface area contributed by atoms with Gasteiger partial charge in [0.25, 0.3) is 0 Å². The van der Waals surface area contributed by atoms with Crippen LogP contribution in [-0.2, 0) is 21.6 Å². The van der Waals surface area contributed by atoms with Crippen LogP contribution < -0.4 is 5.32 Å². The second-order valence-corrected chi connectivity index (χ2v) is 5.80. The average molecular weight is 364 g/mol. The Labute approximate surface area is 136 Å². The van der Waals surface area contributed by atoms with Gasteiger partial charge in [0, 0.05) is 0 Å². The molecule has 1 N–H and O–H groups in total. The van der Waals surface area contributed by atoms with E-state index in [-0.39, 0.29) is 6.61 Å². The highest BCUT2D eigenvalue weighted by molar-refractivity contribution is 9.10. The third kappa shape index (κ3) is 3.26. The molecular formula is C15H14BrN3O3. The van der Waals surface area contributed by atoms with Gasteiger partial charge >= 0.3 is 6.09 Å². The molecule has 3 rings (SSSR count). The zero-order valence-electron chi connectivity index (χ0n) is 11.7. The quantitative estimate of drug-likeness (QED) is 0.902. The lowest BCUT2D eigenvalue weighted by atomic mass is 9.93. The molecule has 1 aromatic carbocycles. The normalized spacial score (nSPS) is 15.7. The lowest BCUT2D eigenvalue weighted by molar-refractivity contribution is -0.0785. The van der Waals surface area contributed by atoms with Crippen molar-refractivity contribution >= 4 is 22.0 Å². The van der Waals surface area contributed by atoms with E-state index in [0.717, 1.165) is 5.56 Å². The fraction of sp³-hybridized carbons (Fsp3) is 0.267. The molecule has 114 valence electrons. The van der Waals surface area contributed by atoms with E-state index in [9.17, 15) is 4.79 Å². The predicted octanol–water partition coefficient (Wildman–Crippen LogP) is 2.39. The maximum atomic E-state index is 12.0. The monoisotopic (exact) mass is 363 g/mol. The maximum Gasteiger partial charge on any atom is 0.408 e. The first-order valence-corrected chi connectivity index (χ1v) is 7.52. The zero-order chi connectivity index (χ0) is 15.4. The minimum Gasteiger partial charge on any atom is -0.445 e. The first kappa shape index (κ1) is 14.9. The van der Waals surface area contributed by atoms with Gasteiger partial charge in [-0.2, -0.15) is 0 Å². The molecule has 2 aromatic rings. The maximum absolute atomic E-state index is 12.0. The Morgan fingerprint density at radius 2 is 2.05 bits per heavy atom. The Morgan fingerprint density at radius 3 is 2.64 bits per heavy atom. The third-order valence-corrected chi connectivity index (χ3v) is 3.77.